The summed E-state index contributed by atoms with van der Waals surface area (Å²) in [5.41, 5.74) is 2.99. The fourth-order valence-corrected chi connectivity index (χ4v) is 2.51. The zero-order valence-electron chi connectivity index (χ0n) is 13.0. The number of benzene rings is 3. The Morgan fingerprint density at radius 1 is 0.957 bits per heavy atom. The van der Waals surface area contributed by atoms with E-state index in [1.54, 1.807) is 18.2 Å². The number of aryl methyl sites for hydroxylation is 2. The van der Waals surface area contributed by atoms with Gasteiger partial charge < -0.3 is 4.74 Å². The molecule has 0 spiro atoms. The van der Waals surface area contributed by atoms with Crippen molar-refractivity contribution in [3.63, 3.8) is 0 Å². The van der Waals surface area contributed by atoms with Crippen LogP contribution in [0.2, 0.25) is 0 Å². The number of carbonyl (C=O) groups is 2. The largest absolute Gasteiger partial charge is 0.422 e. The molecule has 3 heteroatoms. The van der Waals surface area contributed by atoms with Gasteiger partial charge in [0, 0.05) is 0 Å². The topological polar surface area (TPSA) is 43.4 Å². The maximum absolute atomic E-state index is 12.3. The van der Waals surface area contributed by atoms with Gasteiger partial charge in [-0.2, -0.15) is 0 Å². The van der Waals surface area contributed by atoms with Crippen molar-refractivity contribution in [2.75, 3.05) is 0 Å². The monoisotopic (exact) mass is 304 g/mol. The second-order valence-corrected chi connectivity index (χ2v) is 5.50. The van der Waals surface area contributed by atoms with Crippen LogP contribution in [-0.2, 0) is 0 Å². The third-order valence-corrected chi connectivity index (χ3v) is 3.99. The standard InChI is InChI=1S/C20H16O3/c1-13-7-8-16(11-14(13)2)20(22)23-19-10-9-15-5-3-4-6-17(15)18(19)12-21/h3-12H,1-2H3. The lowest BCUT2D eigenvalue weighted by atomic mass is 10.0. The molecule has 3 aromatic carbocycles. The predicted molar refractivity (Wildman–Crippen MR) is 90.2 cm³/mol. The predicted octanol–water partition coefficient (Wildman–Crippen LogP) is 4.49. The van der Waals surface area contributed by atoms with Crippen molar-refractivity contribution >= 4 is 23.0 Å². The van der Waals surface area contributed by atoms with Crippen LogP contribution < -0.4 is 4.74 Å². The van der Waals surface area contributed by atoms with E-state index in [9.17, 15) is 9.59 Å². The summed E-state index contributed by atoms with van der Waals surface area (Å²) in [5.74, 6) is -0.187. The minimum Gasteiger partial charge on any atom is -0.422 e. The average molecular weight is 304 g/mol. The lowest BCUT2D eigenvalue weighted by Crippen LogP contribution is -2.10. The van der Waals surface area contributed by atoms with Gasteiger partial charge in [-0.05, 0) is 53.9 Å². The molecule has 0 radical (unpaired) electrons. The summed E-state index contributed by atoms with van der Waals surface area (Å²) in [6.07, 6.45) is 0.728. The first-order valence-electron chi connectivity index (χ1n) is 7.36. The maximum atomic E-state index is 12.3. The highest BCUT2D eigenvalue weighted by Crippen LogP contribution is 2.27. The van der Waals surface area contributed by atoms with Gasteiger partial charge in [0.15, 0.2) is 6.29 Å². The molecule has 0 saturated carbocycles. The molecule has 114 valence electrons. The molecule has 0 saturated heterocycles. The molecule has 3 aromatic rings. The molecular weight excluding hydrogens is 288 g/mol. The first-order chi connectivity index (χ1) is 11.1. The minimum absolute atomic E-state index is 0.280. The van der Waals surface area contributed by atoms with E-state index in [4.69, 9.17) is 4.74 Å². The van der Waals surface area contributed by atoms with Crippen LogP contribution in [0.5, 0.6) is 5.75 Å². The van der Waals surface area contributed by atoms with E-state index in [-0.39, 0.29) is 5.75 Å². The van der Waals surface area contributed by atoms with Crippen molar-refractivity contribution in [3.8, 4) is 5.75 Å². The highest BCUT2D eigenvalue weighted by molar-refractivity contribution is 6.02. The summed E-state index contributed by atoms with van der Waals surface area (Å²) in [6, 6.07) is 16.4. The van der Waals surface area contributed by atoms with Crippen LogP contribution in [0.15, 0.2) is 54.6 Å². The zero-order chi connectivity index (χ0) is 16.4. The normalized spacial score (nSPS) is 10.5. The van der Waals surface area contributed by atoms with Crippen LogP contribution in [0.1, 0.15) is 31.8 Å². The first-order valence-corrected chi connectivity index (χ1v) is 7.36. The highest BCUT2D eigenvalue weighted by atomic mass is 16.5. The van der Waals surface area contributed by atoms with Crippen LogP contribution in [0, 0.1) is 13.8 Å². The molecule has 0 aliphatic rings. The average Bonchev–Trinajstić information content (AvgIpc) is 2.57. The van der Waals surface area contributed by atoms with Crippen LogP contribution in [0.3, 0.4) is 0 Å². The molecular formula is C20H16O3. The Hall–Kier alpha value is -2.94. The van der Waals surface area contributed by atoms with E-state index >= 15 is 0 Å². The quantitative estimate of drug-likeness (QED) is 0.407. The number of hydrogen-bond acceptors (Lipinski definition) is 3. The van der Waals surface area contributed by atoms with Crippen LogP contribution in [0.4, 0.5) is 0 Å². The molecule has 23 heavy (non-hydrogen) atoms. The fraction of sp³-hybridized carbons (Fsp3) is 0.100. The number of fused-ring (bicyclic) bond motifs is 1. The Morgan fingerprint density at radius 2 is 1.74 bits per heavy atom. The Bertz CT molecular complexity index is 910. The summed E-state index contributed by atoms with van der Waals surface area (Å²) in [6.45, 7) is 3.93. The van der Waals surface area contributed by atoms with Gasteiger partial charge in [-0.15, -0.1) is 0 Å². The molecule has 0 N–H and O–H groups in total. The van der Waals surface area contributed by atoms with E-state index in [1.165, 1.54) is 0 Å². The van der Waals surface area contributed by atoms with Crippen LogP contribution in [-0.4, -0.2) is 12.3 Å². The molecule has 0 heterocycles. The molecule has 3 rings (SSSR count). The van der Waals surface area contributed by atoms with Gasteiger partial charge in [0.25, 0.3) is 0 Å². The lowest BCUT2D eigenvalue weighted by Gasteiger charge is -2.10. The third kappa shape index (κ3) is 2.86. The van der Waals surface area contributed by atoms with E-state index in [1.807, 2.05) is 50.2 Å². The van der Waals surface area contributed by atoms with Crippen molar-refractivity contribution < 1.29 is 14.3 Å². The number of rotatable bonds is 3. The first kappa shape index (κ1) is 15.0. The summed E-state index contributed by atoms with van der Waals surface area (Å²) in [5, 5.41) is 1.70. The van der Waals surface area contributed by atoms with E-state index < -0.39 is 5.97 Å². The Balaban J connectivity index is 1.99. The maximum Gasteiger partial charge on any atom is 0.343 e. The molecule has 0 aromatic heterocycles. The van der Waals surface area contributed by atoms with E-state index in [0.717, 1.165) is 28.2 Å². The van der Waals surface area contributed by atoms with Gasteiger partial charge in [-0.3, -0.25) is 4.79 Å². The Morgan fingerprint density at radius 3 is 2.48 bits per heavy atom. The highest BCUT2D eigenvalue weighted by Gasteiger charge is 2.14. The molecule has 0 aliphatic carbocycles. The Kier molecular flexibility index (Phi) is 3.94. The summed E-state index contributed by atoms with van der Waals surface area (Å²) < 4.78 is 5.46. The second kappa shape index (κ2) is 6.05. The van der Waals surface area contributed by atoms with Crippen molar-refractivity contribution in [2.45, 2.75) is 13.8 Å². The number of aldehydes is 1. The fourth-order valence-electron chi connectivity index (χ4n) is 2.51. The number of ether oxygens (including phenoxy) is 1. The van der Waals surface area contributed by atoms with Crippen molar-refractivity contribution in [2.24, 2.45) is 0 Å². The number of carbonyl (C=O) groups excluding carboxylic acids is 2. The van der Waals surface area contributed by atoms with Crippen LogP contribution in [0.25, 0.3) is 10.8 Å². The molecule has 0 atom stereocenters. The SMILES string of the molecule is Cc1ccc(C(=O)Oc2ccc3ccccc3c2C=O)cc1C. The summed E-state index contributed by atoms with van der Waals surface area (Å²) in [7, 11) is 0. The number of hydrogen-bond donors (Lipinski definition) is 0. The van der Waals surface area contributed by atoms with Gasteiger partial charge in [0.2, 0.25) is 0 Å². The second-order valence-electron chi connectivity index (χ2n) is 5.50. The smallest absolute Gasteiger partial charge is 0.343 e. The Labute approximate surface area is 134 Å². The van der Waals surface area contributed by atoms with Gasteiger partial charge in [-0.1, -0.05) is 36.4 Å². The van der Waals surface area contributed by atoms with Gasteiger partial charge in [0.05, 0.1) is 11.1 Å². The third-order valence-electron chi connectivity index (χ3n) is 3.99. The van der Waals surface area contributed by atoms with Crippen molar-refractivity contribution in [3.05, 3.63) is 76.9 Å². The zero-order valence-corrected chi connectivity index (χ0v) is 13.0. The molecule has 0 aliphatic heterocycles. The molecule has 3 nitrogen and oxygen atoms in total. The van der Waals surface area contributed by atoms with Gasteiger partial charge in [0.1, 0.15) is 5.75 Å². The minimum atomic E-state index is -0.466. The van der Waals surface area contributed by atoms with Crippen molar-refractivity contribution in [1.82, 2.24) is 0 Å². The molecule has 0 amide bonds. The van der Waals surface area contributed by atoms with E-state index in [2.05, 4.69) is 0 Å². The van der Waals surface area contributed by atoms with E-state index in [0.29, 0.717) is 11.1 Å². The van der Waals surface area contributed by atoms with Crippen molar-refractivity contribution in [1.29, 1.82) is 0 Å². The summed E-state index contributed by atoms with van der Waals surface area (Å²) in [4.78, 5) is 23.8. The van der Waals surface area contributed by atoms with Gasteiger partial charge in [-0.25, -0.2) is 4.79 Å². The molecule has 0 fully saturated rings. The summed E-state index contributed by atoms with van der Waals surface area (Å²) >= 11 is 0. The van der Waals surface area contributed by atoms with Crippen LogP contribution >= 0.6 is 0 Å². The number of esters is 1. The van der Waals surface area contributed by atoms with Gasteiger partial charge >= 0.3 is 5.97 Å². The molecule has 0 unspecified atom stereocenters. The molecule has 0 bridgehead atoms. The lowest BCUT2D eigenvalue weighted by molar-refractivity contribution is 0.0734.